The molecule has 4 nitrogen and oxygen atoms in total. The molecule has 1 rings (SSSR count). The van der Waals surface area contributed by atoms with Crippen LogP contribution < -0.4 is 5.73 Å². The Hall–Kier alpha value is -1.43. The van der Waals surface area contributed by atoms with Gasteiger partial charge in [0, 0.05) is 12.6 Å². The second-order valence-corrected chi connectivity index (χ2v) is 4.78. The second kappa shape index (κ2) is 6.14. The predicted molar refractivity (Wildman–Crippen MR) is 67.4 cm³/mol. The Morgan fingerprint density at radius 3 is 2.74 bits per heavy atom. The minimum Gasteiger partial charge on any atom is -0.368 e. The normalized spacial score (nSPS) is 18.0. The summed E-state index contributed by atoms with van der Waals surface area (Å²) >= 11 is 4.88. The molecular weight excluding hydrogens is 278 g/mol. The number of amides is 2. The molecule has 0 spiro atoms. The number of alkyl halides is 3. The van der Waals surface area contributed by atoms with Gasteiger partial charge in [-0.1, -0.05) is 19.1 Å². The zero-order chi connectivity index (χ0) is 14.6. The average Bonchev–Trinajstić information content (AvgIpc) is 2.40. The SMILES string of the molecule is CCC(C(N)=O)N1C=C(CC(F)(F)Cl)C=CCC1=O. The van der Waals surface area contributed by atoms with Crippen molar-refractivity contribution in [2.75, 3.05) is 0 Å². The van der Waals surface area contributed by atoms with Gasteiger partial charge in [-0.05, 0) is 23.6 Å². The summed E-state index contributed by atoms with van der Waals surface area (Å²) < 4.78 is 25.6. The van der Waals surface area contributed by atoms with E-state index in [0.29, 0.717) is 6.42 Å². The van der Waals surface area contributed by atoms with Gasteiger partial charge in [0.15, 0.2) is 0 Å². The lowest BCUT2D eigenvalue weighted by molar-refractivity contribution is -0.135. The van der Waals surface area contributed by atoms with Crippen molar-refractivity contribution in [1.29, 1.82) is 0 Å². The van der Waals surface area contributed by atoms with E-state index in [-0.39, 0.29) is 17.9 Å². The lowest BCUT2D eigenvalue weighted by atomic mass is 10.1. The number of nitrogens with two attached hydrogens (primary N) is 1. The van der Waals surface area contributed by atoms with E-state index in [1.807, 2.05) is 0 Å². The number of allylic oxidation sites excluding steroid dienone is 2. The molecule has 2 N–H and O–H groups in total. The molecule has 0 aromatic heterocycles. The van der Waals surface area contributed by atoms with Crippen molar-refractivity contribution < 1.29 is 18.4 Å². The maximum Gasteiger partial charge on any atom is 0.325 e. The minimum atomic E-state index is -3.40. The predicted octanol–water partition coefficient (Wildman–Crippen LogP) is 2.14. The summed E-state index contributed by atoms with van der Waals surface area (Å²) in [5.41, 5.74) is 5.38. The Morgan fingerprint density at radius 1 is 1.63 bits per heavy atom. The third-order valence-corrected chi connectivity index (χ3v) is 2.81. The van der Waals surface area contributed by atoms with E-state index < -0.39 is 23.8 Å². The first-order chi connectivity index (χ1) is 8.74. The largest absolute Gasteiger partial charge is 0.368 e. The van der Waals surface area contributed by atoms with Gasteiger partial charge in [0.25, 0.3) is 0 Å². The molecule has 1 aliphatic rings. The van der Waals surface area contributed by atoms with Crippen LogP contribution in [-0.4, -0.2) is 28.1 Å². The van der Waals surface area contributed by atoms with E-state index in [4.69, 9.17) is 17.3 Å². The maximum atomic E-state index is 12.8. The lowest BCUT2D eigenvalue weighted by Gasteiger charge is -2.25. The highest BCUT2D eigenvalue weighted by Gasteiger charge is 2.30. The summed E-state index contributed by atoms with van der Waals surface area (Å²) in [7, 11) is 0. The van der Waals surface area contributed by atoms with Gasteiger partial charge in [-0.15, -0.1) is 0 Å². The van der Waals surface area contributed by atoms with Crippen LogP contribution >= 0.6 is 11.6 Å². The molecule has 0 saturated heterocycles. The molecule has 2 amide bonds. The molecular formula is C12H15ClF2N2O2. The van der Waals surface area contributed by atoms with Gasteiger partial charge in [-0.25, -0.2) is 0 Å². The van der Waals surface area contributed by atoms with Crippen LogP contribution in [0.3, 0.4) is 0 Å². The number of carbonyl (C=O) groups excluding carboxylic acids is 2. The zero-order valence-corrected chi connectivity index (χ0v) is 11.2. The molecule has 0 aromatic carbocycles. The minimum absolute atomic E-state index is 0.0254. The van der Waals surface area contributed by atoms with Crippen molar-refractivity contribution in [3.63, 3.8) is 0 Å². The van der Waals surface area contributed by atoms with E-state index in [0.717, 1.165) is 4.90 Å². The summed E-state index contributed by atoms with van der Waals surface area (Å²) in [4.78, 5) is 24.2. The Labute approximate surface area is 114 Å². The van der Waals surface area contributed by atoms with Crippen LogP contribution in [0.2, 0.25) is 0 Å². The molecule has 0 bridgehead atoms. The molecule has 1 aliphatic heterocycles. The number of rotatable bonds is 5. The Bertz CT molecular complexity index is 430. The standard InChI is InChI=1S/C12H15ClF2N2O2/c1-2-9(11(16)19)17-7-8(6-12(13,14)15)4-3-5-10(17)18/h3-4,7,9H,2,5-6H2,1H3,(H2,16,19). The van der Waals surface area contributed by atoms with E-state index in [2.05, 4.69) is 0 Å². The monoisotopic (exact) mass is 292 g/mol. The first kappa shape index (κ1) is 15.6. The fourth-order valence-electron chi connectivity index (χ4n) is 1.84. The number of carbonyl (C=O) groups is 2. The summed E-state index contributed by atoms with van der Waals surface area (Å²) in [6, 6.07) is -0.841. The molecule has 1 unspecified atom stereocenters. The molecule has 0 aliphatic carbocycles. The van der Waals surface area contributed by atoms with Gasteiger partial charge in [0.2, 0.25) is 11.8 Å². The van der Waals surface area contributed by atoms with Crippen molar-refractivity contribution in [3.05, 3.63) is 23.9 Å². The van der Waals surface area contributed by atoms with E-state index in [1.54, 1.807) is 6.92 Å². The maximum absolute atomic E-state index is 12.8. The van der Waals surface area contributed by atoms with Crippen LogP contribution in [0.1, 0.15) is 26.2 Å². The Balaban J connectivity index is 3.04. The third kappa shape index (κ3) is 4.63. The van der Waals surface area contributed by atoms with Crippen molar-refractivity contribution in [2.45, 2.75) is 37.6 Å². The zero-order valence-electron chi connectivity index (χ0n) is 10.4. The highest BCUT2D eigenvalue weighted by molar-refractivity contribution is 6.21. The summed E-state index contributed by atoms with van der Waals surface area (Å²) in [5, 5.41) is -3.40. The third-order valence-electron chi connectivity index (χ3n) is 2.67. The van der Waals surface area contributed by atoms with Crippen LogP contribution in [0, 0.1) is 0 Å². The van der Waals surface area contributed by atoms with Crippen molar-refractivity contribution in [1.82, 2.24) is 4.90 Å². The summed E-state index contributed by atoms with van der Waals surface area (Å²) in [6.07, 6.45) is 3.71. The molecule has 0 fully saturated rings. The number of halogens is 3. The highest BCUT2D eigenvalue weighted by Crippen LogP contribution is 2.29. The van der Waals surface area contributed by atoms with Gasteiger partial charge < -0.3 is 10.6 Å². The molecule has 19 heavy (non-hydrogen) atoms. The smallest absolute Gasteiger partial charge is 0.325 e. The van der Waals surface area contributed by atoms with Gasteiger partial charge in [0.05, 0.1) is 6.42 Å². The fourth-order valence-corrected chi connectivity index (χ4v) is 2.00. The molecule has 1 atom stereocenters. The fraction of sp³-hybridized carbons (Fsp3) is 0.500. The summed E-state index contributed by atoms with van der Waals surface area (Å²) in [5.74, 6) is -1.04. The van der Waals surface area contributed by atoms with E-state index in [1.165, 1.54) is 18.4 Å². The number of hydrogen-bond acceptors (Lipinski definition) is 2. The van der Waals surface area contributed by atoms with Crippen LogP contribution in [-0.2, 0) is 9.59 Å². The van der Waals surface area contributed by atoms with Crippen molar-refractivity contribution >= 4 is 23.4 Å². The van der Waals surface area contributed by atoms with Gasteiger partial charge in [-0.3, -0.25) is 9.59 Å². The number of nitrogens with zero attached hydrogens (tertiary/aromatic N) is 1. The molecule has 0 radical (unpaired) electrons. The topological polar surface area (TPSA) is 63.4 Å². The van der Waals surface area contributed by atoms with Gasteiger partial charge in [-0.2, -0.15) is 8.78 Å². The average molecular weight is 293 g/mol. The molecule has 106 valence electrons. The summed E-state index contributed by atoms with van der Waals surface area (Å²) in [6.45, 7) is 1.69. The lowest BCUT2D eigenvalue weighted by Crippen LogP contribution is -2.44. The molecule has 1 heterocycles. The van der Waals surface area contributed by atoms with Crippen molar-refractivity contribution in [3.8, 4) is 0 Å². The quantitative estimate of drug-likeness (QED) is 0.789. The molecule has 0 saturated carbocycles. The number of primary amides is 1. The van der Waals surface area contributed by atoms with Crippen LogP contribution in [0.25, 0.3) is 0 Å². The van der Waals surface area contributed by atoms with Crippen LogP contribution in [0.15, 0.2) is 23.9 Å². The second-order valence-electron chi connectivity index (χ2n) is 4.23. The molecule has 0 aromatic rings. The van der Waals surface area contributed by atoms with Gasteiger partial charge >= 0.3 is 5.38 Å². The Kier molecular flexibility index (Phi) is 5.05. The molecule has 7 heteroatoms. The first-order valence-corrected chi connectivity index (χ1v) is 6.17. The van der Waals surface area contributed by atoms with E-state index >= 15 is 0 Å². The van der Waals surface area contributed by atoms with Crippen LogP contribution in [0.5, 0.6) is 0 Å². The number of hydrogen-bond donors (Lipinski definition) is 1. The van der Waals surface area contributed by atoms with Gasteiger partial charge in [0.1, 0.15) is 6.04 Å². The van der Waals surface area contributed by atoms with Crippen molar-refractivity contribution in [2.24, 2.45) is 5.73 Å². The Morgan fingerprint density at radius 2 is 2.26 bits per heavy atom. The van der Waals surface area contributed by atoms with E-state index in [9.17, 15) is 18.4 Å². The first-order valence-electron chi connectivity index (χ1n) is 5.79. The highest BCUT2D eigenvalue weighted by atomic mass is 35.5. The van der Waals surface area contributed by atoms with Crippen LogP contribution in [0.4, 0.5) is 8.78 Å².